The Morgan fingerprint density at radius 2 is 2.54 bits per heavy atom. The third-order valence-corrected chi connectivity index (χ3v) is 2.11. The number of hydrogen-bond donors (Lipinski definition) is 0. The van der Waals surface area contributed by atoms with Crippen molar-refractivity contribution >= 4 is 5.78 Å². The average Bonchev–Trinajstić information content (AvgIpc) is 2.88. The minimum absolute atomic E-state index is 0.229. The van der Waals surface area contributed by atoms with E-state index in [0.717, 1.165) is 12.8 Å². The molecule has 0 N–H and O–H groups in total. The van der Waals surface area contributed by atoms with E-state index in [4.69, 9.17) is 5.26 Å². The van der Waals surface area contributed by atoms with Gasteiger partial charge >= 0.3 is 0 Å². The summed E-state index contributed by atoms with van der Waals surface area (Å²) >= 11 is 0. The number of ketones is 1. The summed E-state index contributed by atoms with van der Waals surface area (Å²) in [6, 6.07) is 1.97. The van der Waals surface area contributed by atoms with Crippen LogP contribution in [0.4, 0.5) is 0 Å². The monoisotopic (exact) mass is 175 g/mol. The maximum atomic E-state index is 11.3. The lowest BCUT2D eigenvalue weighted by molar-refractivity contribution is -0.120. The van der Waals surface area contributed by atoms with Crippen molar-refractivity contribution in [3.05, 3.63) is 18.0 Å². The van der Waals surface area contributed by atoms with Crippen LogP contribution < -0.4 is 0 Å². The minimum atomic E-state index is 0.229. The lowest BCUT2D eigenvalue weighted by Gasteiger charge is -1.97. The Labute approximate surface area is 75.8 Å². The average molecular weight is 175 g/mol. The number of carbonyl (C=O) groups excluding carboxylic acids is 1. The normalized spacial score (nSPS) is 15.3. The summed E-state index contributed by atoms with van der Waals surface area (Å²) in [6.45, 7) is 0.312. The molecule has 0 spiro atoms. The summed E-state index contributed by atoms with van der Waals surface area (Å²) < 4.78 is 1.53. The molecule has 0 unspecified atom stereocenters. The minimum Gasteiger partial charge on any atom is -0.297 e. The molecule has 0 amide bonds. The Hall–Kier alpha value is -1.63. The summed E-state index contributed by atoms with van der Waals surface area (Å²) in [5.74, 6) is 0.488. The van der Waals surface area contributed by atoms with Gasteiger partial charge in [0.05, 0.1) is 18.3 Å². The lowest BCUT2D eigenvalue weighted by Crippen LogP contribution is -2.11. The molecule has 0 saturated heterocycles. The van der Waals surface area contributed by atoms with Gasteiger partial charge in [-0.05, 0) is 12.8 Å². The van der Waals surface area contributed by atoms with Gasteiger partial charge in [0.25, 0.3) is 0 Å². The Balaban J connectivity index is 2.01. The van der Waals surface area contributed by atoms with Crippen LogP contribution in [0.5, 0.6) is 0 Å². The zero-order chi connectivity index (χ0) is 9.26. The topological polar surface area (TPSA) is 58.7 Å². The van der Waals surface area contributed by atoms with Crippen molar-refractivity contribution < 1.29 is 4.79 Å². The summed E-state index contributed by atoms with van der Waals surface area (Å²) in [5.41, 5.74) is 0.503. The third kappa shape index (κ3) is 1.75. The van der Waals surface area contributed by atoms with Gasteiger partial charge in [0.15, 0.2) is 5.78 Å². The van der Waals surface area contributed by atoms with E-state index in [2.05, 4.69) is 5.10 Å². The van der Waals surface area contributed by atoms with Crippen molar-refractivity contribution in [3.63, 3.8) is 0 Å². The first-order valence-corrected chi connectivity index (χ1v) is 4.25. The van der Waals surface area contributed by atoms with Crippen molar-refractivity contribution in [2.24, 2.45) is 5.92 Å². The van der Waals surface area contributed by atoms with Crippen LogP contribution in [0, 0.1) is 17.2 Å². The van der Waals surface area contributed by atoms with E-state index in [0.29, 0.717) is 12.1 Å². The smallest absolute Gasteiger partial charge is 0.157 e. The molecule has 0 aliphatic heterocycles. The lowest BCUT2D eigenvalue weighted by atomic mass is 10.3. The van der Waals surface area contributed by atoms with Crippen LogP contribution in [0.1, 0.15) is 18.4 Å². The van der Waals surface area contributed by atoms with Crippen LogP contribution in [-0.2, 0) is 11.3 Å². The van der Waals surface area contributed by atoms with Gasteiger partial charge in [-0.1, -0.05) is 0 Å². The number of carbonyl (C=O) groups is 1. The van der Waals surface area contributed by atoms with E-state index in [1.807, 2.05) is 6.07 Å². The first kappa shape index (κ1) is 7.99. The van der Waals surface area contributed by atoms with E-state index in [9.17, 15) is 4.79 Å². The van der Waals surface area contributed by atoms with Crippen LogP contribution in [0.3, 0.4) is 0 Å². The molecule has 4 nitrogen and oxygen atoms in total. The fourth-order valence-electron chi connectivity index (χ4n) is 1.20. The molecule has 4 heteroatoms. The van der Waals surface area contributed by atoms with E-state index >= 15 is 0 Å². The predicted molar refractivity (Wildman–Crippen MR) is 44.7 cm³/mol. The molecule has 0 bridgehead atoms. The molecule has 0 radical (unpaired) electrons. The maximum absolute atomic E-state index is 11.3. The Morgan fingerprint density at radius 3 is 3.08 bits per heavy atom. The quantitative estimate of drug-likeness (QED) is 0.680. The van der Waals surface area contributed by atoms with Crippen LogP contribution >= 0.6 is 0 Å². The van der Waals surface area contributed by atoms with Gasteiger partial charge in [-0.3, -0.25) is 9.48 Å². The number of nitriles is 1. The molecule has 1 fully saturated rings. The summed E-state index contributed by atoms with van der Waals surface area (Å²) in [7, 11) is 0. The zero-order valence-corrected chi connectivity index (χ0v) is 7.10. The highest BCUT2D eigenvalue weighted by Crippen LogP contribution is 2.30. The number of nitrogens with zero attached hydrogens (tertiary/aromatic N) is 3. The van der Waals surface area contributed by atoms with Crippen molar-refractivity contribution in [1.82, 2.24) is 9.78 Å². The molecular weight excluding hydrogens is 166 g/mol. The Bertz CT molecular complexity index is 370. The van der Waals surface area contributed by atoms with Gasteiger partial charge in [-0.25, -0.2) is 0 Å². The molecule has 1 saturated carbocycles. The highest BCUT2D eigenvalue weighted by molar-refractivity contribution is 5.82. The largest absolute Gasteiger partial charge is 0.297 e. The highest BCUT2D eigenvalue weighted by Gasteiger charge is 2.29. The van der Waals surface area contributed by atoms with Crippen molar-refractivity contribution in [2.75, 3.05) is 0 Å². The zero-order valence-electron chi connectivity index (χ0n) is 7.10. The van der Waals surface area contributed by atoms with E-state index < -0.39 is 0 Å². The fourth-order valence-corrected chi connectivity index (χ4v) is 1.20. The molecule has 66 valence electrons. The van der Waals surface area contributed by atoms with Gasteiger partial charge in [-0.2, -0.15) is 10.4 Å². The van der Waals surface area contributed by atoms with Crippen molar-refractivity contribution in [2.45, 2.75) is 19.4 Å². The molecule has 1 heterocycles. The van der Waals surface area contributed by atoms with Crippen LogP contribution in [0.15, 0.2) is 12.4 Å². The predicted octanol–water partition coefficient (Wildman–Crippen LogP) is 0.734. The molecule has 1 aliphatic rings. The molecule has 0 atom stereocenters. The molecule has 13 heavy (non-hydrogen) atoms. The van der Waals surface area contributed by atoms with Crippen LogP contribution in [-0.4, -0.2) is 15.6 Å². The number of rotatable bonds is 3. The van der Waals surface area contributed by atoms with E-state index in [1.165, 1.54) is 10.9 Å². The molecule has 1 aliphatic carbocycles. The number of aromatic nitrogens is 2. The number of hydrogen-bond acceptors (Lipinski definition) is 3. The van der Waals surface area contributed by atoms with Crippen LogP contribution in [0.25, 0.3) is 0 Å². The van der Waals surface area contributed by atoms with E-state index in [1.54, 1.807) is 6.20 Å². The van der Waals surface area contributed by atoms with E-state index in [-0.39, 0.29) is 11.7 Å². The van der Waals surface area contributed by atoms with Gasteiger partial charge < -0.3 is 0 Å². The second-order valence-electron chi connectivity index (χ2n) is 3.28. The SMILES string of the molecule is N#Cc1cnn(CC(=O)C2CC2)c1. The summed E-state index contributed by atoms with van der Waals surface area (Å²) in [6.07, 6.45) is 5.11. The third-order valence-electron chi connectivity index (χ3n) is 2.11. The first-order valence-electron chi connectivity index (χ1n) is 4.25. The fraction of sp³-hybridized carbons (Fsp3) is 0.444. The van der Waals surface area contributed by atoms with Crippen LogP contribution in [0.2, 0.25) is 0 Å². The summed E-state index contributed by atoms with van der Waals surface area (Å²) in [4.78, 5) is 11.3. The standard InChI is InChI=1S/C9H9N3O/c10-3-7-4-11-12(5-7)6-9(13)8-1-2-8/h4-5,8H,1-2,6H2. The van der Waals surface area contributed by atoms with Crippen molar-refractivity contribution in [1.29, 1.82) is 5.26 Å². The van der Waals surface area contributed by atoms with Crippen molar-refractivity contribution in [3.8, 4) is 6.07 Å². The second-order valence-corrected chi connectivity index (χ2v) is 3.28. The molecule has 2 rings (SSSR count). The maximum Gasteiger partial charge on any atom is 0.157 e. The highest BCUT2D eigenvalue weighted by atomic mass is 16.1. The van der Waals surface area contributed by atoms with Gasteiger partial charge in [-0.15, -0.1) is 0 Å². The number of Topliss-reactive ketones (excluding diaryl/α,β-unsaturated/α-hetero) is 1. The Kier molecular flexibility index (Phi) is 1.85. The van der Waals surface area contributed by atoms with Gasteiger partial charge in [0, 0.05) is 12.1 Å². The van der Waals surface area contributed by atoms with Gasteiger partial charge in [0.1, 0.15) is 6.07 Å². The summed E-state index contributed by atoms with van der Waals surface area (Å²) in [5, 5.41) is 12.4. The Morgan fingerprint density at radius 1 is 1.77 bits per heavy atom. The molecule has 1 aromatic heterocycles. The second kappa shape index (κ2) is 3.02. The first-order chi connectivity index (χ1) is 6.29. The molecule has 1 aromatic rings. The van der Waals surface area contributed by atoms with Gasteiger partial charge in [0.2, 0.25) is 0 Å². The molecule has 0 aromatic carbocycles. The molecular formula is C9H9N3O.